The largest absolute Gasteiger partial charge is 0.496 e. The first-order valence-electron chi connectivity index (χ1n) is 11.4. The fourth-order valence-electron chi connectivity index (χ4n) is 4.52. The van der Waals surface area contributed by atoms with Crippen LogP contribution in [0.25, 0.3) is 27.7 Å². The lowest BCUT2D eigenvalue weighted by molar-refractivity contribution is -0.116. The molecule has 4 heteroatoms. The molecule has 0 unspecified atom stereocenters. The molecule has 0 aliphatic heterocycles. The Kier molecular flexibility index (Phi) is 6.79. The fourth-order valence-corrected chi connectivity index (χ4v) is 4.52. The molecule has 1 aliphatic carbocycles. The average Bonchev–Trinajstić information content (AvgIpc) is 3.24. The van der Waals surface area contributed by atoms with Crippen LogP contribution < -0.4 is 10.1 Å². The second kappa shape index (κ2) is 9.90. The van der Waals surface area contributed by atoms with Gasteiger partial charge in [0.1, 0.15) is 11.3 Å². The van der Waals surface area contributed by atoms with Gasteiger partial charge in [-0.25, -0.2) is 0 Å². The molecule has 2 aromatic carbocycles. The van der Waals surface area contributed by atoms with Crippen molar-refractivity contribution < 1.29 is 13.9 Å². The molecule has 1 aromatic heterocycles. The molecule has 166 valence electrons. The summed E-state index contributed by atoms with van der Waals surface area (Å²) in [6, 6.07) is 12.2. The van der Waals surface area contributed by atoms with Gasteiger partial charge in [0, 0.05) is 34.7 Å². The minimum absolute atomic E-state index is 0.0748. The molecule has 1 amide bonds. The van der Waals surface area contributed by atoms with Crippen LogP contribution in [0.4, 0.5) is 0 Å². The summed E-state index contributed by atoms with van der Waals surface area (Å²) < 4.78 is 11.6. The lowest BCUT2D eigenvalue weighted by Crippen LogP contribution is -2.23. The van der Waals surface area contributed by atoms with Gasteiger partial charge in [-0.1, -0.05) is 42.0 Å². The van der Waals surface area contributed by atoms with Gasteiger partial charge in [0.15, 0.2) is 0 Å². The van der Waals surface area contributed by atoms with E-state index in [9.17, 15) is 4.79 Å². The molecule has 32 heavy (non-hydrogen) atoms. The second-order valence-electron chi connectivity index (χ2n) is 8.45. The molecule has 4 rings (SSSR count). The highest BCUT2D eigenvalue weighted by atomic mass is 16.5. The third-order valence-corrected chi connectivity index (χ3v) is 6.24. The Labute approximate surface area is 190 Å². The number of hydrogen-bond acceptors (Lipinski definition) is 3. The highest BCUT2D eigenvalue weighted by Crippen LogP contribution is 2.40. The third-order valence-electron chi connectivity index (χ3n) is 6.24. The van der Waals surface area contributed by atoms with E-state index in [0.29, 0.717) is 6.54 Å². The van der Waals surface area contributed by atoms with E-state index in [4.69, 9.17) is 9.15 Å². The van der Waals surface area contributed by atoms with Crippen molar-refractivity contribution in [3.8, 4) is 16.9 Å². The molecule has 1 heterocycles. The first-order chi connectivity index (χ1) is 15.6. The van der Waals surface area contributed by atoms with Crippen LogP contribution in [0.15, 0.2) is 64.8 Å². The average molecular weight is 430 g/mol. The third kappa shape index (κ3) is 4.64. The Balaban J connectivity index is 1.60. The summed E-state index contributed by atoms with van der Waals surface area (Å²) >= 11 is 0. The van der Waals surface area contributed by atoms with Crippen molar-refractivity contribution in [1.82, 2.24) is 5.32 Å². The number of amides is 1. The molecule has 1 aliphatic rings. The van der Waals surface area contributed by atoms with Crippen LogP contribution in [-0.2, 0) is 4.79 Å². The molecule has 1 N–H and O–H groups in total. The number of rotatable bonds is 7. The zero-order valence-corrected chi connectivity index (χ0v) is 19.2. The maximum absolute atomic E-state index is 12.6. The van der Waals surface area contributed by atoms with Crippen molar-refractivity contribution in [1.29, 1.82) is 0 Å². The molecule has 0 atom stereocenters. The SMILES string of the molecule is COc1c(/C(C)=C/C(=O)NCCC2=CCCCC2)cc2c(-c3ccccc3)coc2c1C. The summed E-state index contributed by atoms with van der Waals surface area (Å²) in [4.78, 5) is 12.6. The van der Waals surface area contributed by atoms with Gasteiger partial charge in [0.05, 0.1) is 13.4 Å². The van der Waals surface area contributed by atoms with E-state index in [-0.39, 0.29) is 5.91 Å². The Bertz CT molecular complexity index is 1170. The summed E-state index contributed by atoms with van der Waals surface area (Å²) in [7, 11) is 1.66. The maximum Gasteiger partial charge on any atom is 0.244 e. The Morgan fingerprint density at radius 3 is 2.75 bits per heavy atom. The van der Waals surface area contributed by atoms with E-state index in [1.165, 1.54) is 24.8 Å². The molecule has 0 spiro atoms. The van der Waals surface area contributed by atoms with Crippen LogP contribution in [0.1, 0.15) is 50.2 Å². The number of carbonyl (C=O) groups excluding carboxylic acids is 1. The van der Waals surface area contributed by atoms with Gasteiger partial charge < -0.3 is 14.5 Å². The number of hydrogen-bond donors (Lipinski definition) is 1. The lowest BCUT2D eigenvalue weighted by atomic mass is 9.96. The van der Waals surface area contributed by atoms with Gasteiger partial charge in [0.2, 0.25) is 5.91 Å². The van der Waals surface area contributed by atoms with Crippen LogP contribution in [0.5, 0.6) is 5.75 Å². The zero-order valence-electron chi connectivity index (χ0n) is 19.2. The number of methoxy groups -OCH3 is 1. The summed E-state index contributed by atoms with van der Waals surface area (Å²) in [5.74, 6) is 0.662. The number of aryl methyl sites for hydroxylation is 1. The number of allylic oxidation sites excluding steroid dienone is 2. The second-order valence-corrected chi connectivity index (χ2v) is 8.45. The van der Waals surface area contributed by atoms with E-state index < -0.39 is 0 Å². The number of furan rings is 1. The normalized spacial score (nSPS) is 14.3. The predicted molar refractivity (Wildman–Crippen MR) is 131 cm³/mol. The van der Waals surface area contributed by atoms with Crippen molar-refractivity contribution in [2.75, 3.05) is 13.7 Å². The van der Waals surface area contributed by atoms with Gasteiger partial charge in [0.25, 0.3) is 0 Å². The number of carbonyl (C=O) groups is 1. The van der Waals surface area contributed by atoms with Crippen molar-refractivity contribution in [2.45, 2.75) is 46.0 Å². The topological polar surface area (TPSA) is 51.5 Å². The van der Waals surface area contributed by atoms with Gasteiger partial charge in [-0.3, -0.25) is 4.79 Å². The van der Waals surface area contributed by atoms with Crippen molar-refractivity contribution >= 4 is 22.4 Å². The first-order valence-corrected chi connectivity index (χ1v) is 11.4. The molecule has 3 aromatic rings. The van der Waals surface area contributed by atoms with Gasteiger partial charge >= 0.3 is 0 Å². The van der Waals surface area contributed by atoms with Crippen LogP contribution in [0, 0.1) is 6.92 Å². The molecule has 0 radical (unpaired) electrons. The molecule has 4 nitrogen and oxygen atoms in total. The van der Waals surface area contributed by atoms with E-state index in [0.717, 1.165) is 57.4 Å². The van der Waals surface area contributed by atoms with Crippen molar-refractivity contribution in [2.24, 2.45) is 0 Å². The van der Waals surface area contributed by atoms with Crippen LogP contribution in [-0.4, -0.2) is 19.6 Å². The molecular formula is C28H31NO3. The number of nitrogens with one attached hydrogen (secondary N) is 1. The minimum Gasteiger partial charge on any atom is -0.496 e. The molecule has 0 saturated heterocycles. The van der Waals surface area contributed by atoms with Crippen molar-refractivity contribution in [3.05, 3.63) is 71.5 Å². The smallest absolute Gasteiger partial charge is 0.244 e. The van der Waals surface area contributed by atoms with Crippen LogP contribution in [0.3, 0.4) is 0 Å². The van der Waals surface area contributed by atoms with E-state index >= 15 is 0 Å². The van der Waals surface area contributed by atoms with Crippen LogP contribution >= 0.6 is 0 Å². The lowest BCUT2D eigenvalue weighted by Gasteiger charge is -2.14. The molecule has 0 fully saturated rings. The standard InChI is InChI=1S/C28H31NO3/c1-19(16-26(30)29-15-14-21-10-6-4-7-11-21)23-17-24-25(22-12-8-5-9-13-22)18-32-28(24)20(2)27(23)31-3/h5,8-10,12-13,16-18H,4,6-7,11,14-15H2,1-3H3,(H,29,30)/b19-16+. The van der Waals surface area contributed by atoms with Crippen molar-refractivity contribution in [3.63, 3.8) is 0 Å². The number of ether oxygens (including phenoxy) is 1. The van der Waals surface area contributed by atoms with Gasteiger partial charge in [-0.15, -0.1) is 0 Å². The molecule has 0 saturated carbocycles. The van der Waals surface area contributed by atoms with Crippen LogP contribution in [0.2, 0.25) is 0 Å². The first kappa shape index (κ1) is 21.9. The Morgan fingerprint density at radius 2 is 2.03 bits per heavy atom. The quantitative estimate of drug-likeness (QED) is 0.331. The van der Waals surface area contributed by atoms with Gasteiger partial charge in [-0.05, 0) is 63.2 Å². The highest BCUT2D eigenvalue weighted by molar-refractivity contribution is 6.01. The minimum atomic E-state index is -0.0748. The van der Waals surface area contributed by atoms with E-state index in [2.05, 4.69) is 29.6 Å². The zero-order chi connectivity index (χ0) is 22.5. The van der Waals surface area contributed by atoms with E-state index in [1.807, 2.05) is 32.0 Å². The highest BCUT2D eigenvalue weighted by Gasteiger charge is 2.18. The number of fused-ring (bicyclic) bond motifs is 1. The summed E-state index contributed by atoms with van der Waals surface area (Å²) in [5, 5.41) is 4.05. The maximum atomic E-state index is 12.6. The predicted octanol–water partition coefficient (Wildman–Crippen LogP) is 6.83. The summed E-state index contributed by atoms with van der Waals surface area (Å²) in [6.07, 6.45) is 11.6. The molecular weight excluding hydrogens is 398 g/mol. The van der Waals surface area contributed by atoms with E-state index in [1.54, 1.807) is 19.4 Å². The monoisotopic (exact) mass is 429 g/mol. The summed E-state index contributed by atoms with van der Waals surface area (Å²) in [6.45, 7) is 4.62. The fraction of sp³-hybridized carbons (Fsp3) is 0.321. The molecule has 0 bridgehead atoms. The van der Waals surface area contributed by atoms with Gasteiger partial charge in [-0.2, -0.15) is 0 Å². The Hall–Kier alpha value is -3.27. The number of benzene rings is 2. The summed E-state index contributed by atoms with van der Waals surface area (Å²) in [5.41, 5.74) is 7.10. The Morgan fingerprint density at radius 1 is 1.22 bits per heavy atom.